The molecule has 1 fully saturated rings. The number of rotatable bonds is 2. The molecule has 5 nitrogen and oxygen atoms in total. The molecule has 2 bridgehead atoms. The van der Waals surface area contributed by atoms with Crippen LogP contribution in [0, 0.1) is 31.3 Å². The van der Waals surface area contributed by atoms with Crippen molar-refractivity contribution in [1.82, 2.24) is 19.7 Å². The fourth-order valence-electron chi connectivity index (χ4n) is 5.86. The predicted molar refractivity (Wildman–Crippen MR) is 125 cm³/mol. The number of hydrogen-bond donors (Lipinski definition) is 0. The predicted octanol–water partition coefficient (Wildman–Crippen LogP) is 5.57. The third kappa shape index (κ3) is 3.26. The van der Waals surface area contributed by atoms with E-state index in [2.05, 4.69) is 10.1 Å². The zero-order valence-corrected chi connectivity index (χ0v) is 19.6. The molecule has 0 aliphatic carbocycles. The Kier molecular flexibility index (Phi) is 4.78. The Morgan fingerprint density at radius 3 is 2.51 bits per heavy atom. The maximum atomic E-state index is 14.0. The average Bonchev–Trinajstić information content (AvgIpc) is 3.32. The van der Waals surface area contributed by atoms with Crippen LogP contribution in [0.1, 0.15) is 51.8 Å². The fraction of sp³-hybridized carbons (Fsp3) is 0.296. The molecule has 2 aromatic carbocycles. The van der Waals surface area contributed by atoms with Crippen molar-refractivity contribution >= 4 is 16.8 Å². The number of amides is 1. The highest BCUT2D eigenvalue weighted by molar-refractivity contribution is 5.99. The van der Waals surface area contributed by atoms with Crippen LogP contribution >= 0.6 is 0 Å². The van der Waals surface area contributed by atoms with Crippen molar-refractivity contribution in [3.63, 3.8) is 0 Å². The van der Waals surface area contributed by atoms with E-state index in [0.717, 1.165) is 58.4 Å². The Hall–Kier alpha value is -3.68. The number of carbonyl (C=O) groups excluding carboxylic acids is 1. The smallest absolute Gasteiger partial charge is 0.254 e. The summed E-state index contributed by atoms with van der Waals surface area (Å²) >= 11 is 0. The summed E-state index contributed by atoms with van der Waals surface area (Å²) in [4.78, 5) is 20.2. The number of fused-ring (bicyclic) bond motifs is 5. The maximum absolute atomic E-state index is 14.0. The standard InChI is InChI=1S/C27H23F3N4O/c1-13-8-14(2)31-22-11-15(4-6-18(13)22)27(35)34-17-5-7-23(34)25-19(12-17)26(33(3)32-25)16-9-20(28)24(30)21(29)10-16/h4,6,8-11,17,23H,5,7,12H2,1-3H3/t17-,23+/m0/s1. The number of halogens is 3. The second kappa shape index (κ2) is 7.66. The van der Waals surface area contributed by atoms with E-state index in [0.29, 0.717) is 17.7 Å². The molecule has 8 heteroatoms. The molecule has 0 N–H and O–H groups in total. The van der Waals surface area contributed by atoms with Crippen molar-refractivity contribution in [3.05, 3.63) is 81.9 Å². The van der Waals surface area contributed by atoms with Gasteiger partial charge < -0.3 is 4.90 Å². The molecule has 1 amide bonds. The van der Waals surface area contributed by atoms with Gasteiger partial charge in [-0.05, 0) is 69.0 Å². The Balaban J connectivity index is 1.40. The minimum absolute atomic E-state index is 0.0546. The van der Waals surface area contributed by atoms with Crippen molar-refractivity contribution in [2.24, 2.45) is 7.05 Å². The fourth-order valence-corrected chi connectivity index (χ4v) is 5.86. The first-order valence-electron chi connectivity index (χ1n) is 11.6. The van der Waals surface area contributed by atoms with Gasteiger partial charge in [0.2, 0.25) is 0 Å². The summed E-state index contributed by atoms with van der Waals surface area (Å²) < 4.78 is 43.1. The maximum Gasteiger partial charge on any atom is 0.254 e. The van der Waals surface area contributed by atoms with Crippen LogP contribution in [0.3, 0.4) is 0 Å². The lowest BCUT2D eigenvalue weighted by Crippen LogP contribution is -2.41. The normalized spacial score (nSPS) is 18.9. The molecule has 0 unspecified atom stereocenters. The monoisotopic (exact) mass is 476 g/mol. The van der Waals surface area contributed by atoms with Gasteiger partial charge in [0.1, 0.15) is 0 Å². The van der Waals surface area contributed by atoms with Gasteiger partial charge in [0, 0.05) is 40.9 Å². The number of aryl methyl sites for hydroxylation is 3. The van der Waals surface area contributed by atoms with Gasteiger partial charge in [-0.3, -0.25) is 14.5 Å². The van der Waals surface area contributed by atoms with Crippen LogP contribution in [-0.4, -0.2) is 31.6 Å². The van der Waals surface area contributed by atoms with E-state index in [1.165, 1.54) is 0 Å². The molecule has 0 saturated carbocycles. The van der Waals surface area contributed by atoms with Gasteiger partial charge in [0.25, 0.3) is 5.91 Å². The molecule has 0 radical (unpaired) electrons. The van der Waals surface area contributed by atoms with E-state index in [1.807, 2.05) is 43.0 Å². The third-order valence-corrected chi connectivity index (χ3v) is 7.32. The molecule has 4 heterocycles. The lowest BCUT2D eigenvalue weighted by Gasteiger charge is -2.34. The Labute approximate surface area is 200 Å². The largest absolute Gasteiger partial charge is 0.327 e. The molecule has 4 aromatic rings. The molecule has 0 spiro atoms. The van der Waals surface area contributed by atoms with Gasteiger partial charge in [-0.2, -0.15) is 5.10 Å². The molecule has 2 aliphatic rings. The minimum atomic E-state index is -1.49. The van der Waals surface area contributed by atoms with Gasteiger partial charge >= 0.3 is 0 Å². The van der Waals surface area contributed by atoms with Crippen LogP contribution < -0.4 is 0 Å². The van der Waals surface area contributed by atoms with E-state index in [-0.39, 0.29) is 23.6 Å². The van der Waals surface area contributed by atoms with Crippen LogP contribution in [0.2, 0.25) is 0 Å². The van der Waals surface area contributed by atoms with Gasteiger partial charge in [-0.15, -0.1) is 0 Å². The first-order chi connectivity index (χ1) is 16.7. The molecule has 2 atom stereocenters. The average molecular weight is 477 g/mol. The number of nitrogens with zero attached hydrogens (tertiary/aromatic N) is 4. The number of aromatic nitrogens is 3. The van der Waals surface area contributed by atoms with Crippen LogP contribution in [0.15, 0.2) is 36.4 Å². The van der Waals surface area contributed by atoms with E-state index in [4.69, 9.17) is 0 Å². The zero-order chi connectivity index (χ0) is 24.6. The first kappa shape index (κ1) is 21.8. The summed E-state index contributed by atoms with van der Waals surface area (Å²) in [6.45, 7) is 3.97. The highest BCUT2D eigenvalue weighted by atomic mass is 19.2. The number of benzene rings is 2. The van der Waals surface area contributed by atoms with E-state index < -0.39 is 17.5 Å². The topological polar surface area (TPSA) is 51.0 Å². The molecular weight excluding hydrogens is 453 g/mol. The molecule has 178 valence electrons. The summed E-state index contributed by atoms with van der Waals surface area (Å²) in [6, 6.07) is 9.38. The quantitative estimate of drug-likeness (QED) is 0.356. The second-order valence-electron chi connectivity index (χ2n) is 9.57. The second-order valence-corrected chi connectivity index (χ2v) is 9.57. The summed E-state index contributed by atoms with van der Waals surface area (Å²) in [6.07, 6.45) is 2.09. The Morgan fingerprint density at radius 2 is 1.77 bits per heavy atom. The summed E-state index contributed by atoms with van der Waals surface area (Å²) in [5.41, 5.74) is 5.78. The van der Waals surface area contributed by atoms with E-state index >= 15 is 0 Å². The van der Waals surface area contributed by atoms with Crippen LogP contribution in [0.25, 0.3) is 22.2 Å². The molecule has 1 saturated heterocycles. The van der Waals surface area contributed by atoms with Crippen LogP contribution in [0.5, 0.6) is 0 Å². The Bertz CT molecular complexity index is 1520. The molecular formula is C27H23F3N4O. The van der Waals surface area contributed by atoms with Crippen LogP contribution in [0.4, 0.5) is 13.2 Å². The summed E-state index contributed by atoms with van der Waals surface area (Å²) in [5, 5.41) is 5.68. The molecule has 2 aliphatic heterocycles. The van der Waals surface area contributed by atoms with E-state index in [9.17, 15) is 18.0 Å². The van der Waals surface area contributed by atoms with Gasteiger partial charge in [-0.25, -0.2) is 13.2 Å². The van der Waals surface area contributed by atoms with Crippen molar-refractivity contribution in [3.8, 4) is 11.3 Å². The highest BCUT2D eigenvalue weighted by Crippen LogP contribution is 2.47. The summed E-state index contributed by atoms with van der Waals surface area (Å²) in [7, 11) is 1.70. The van der Waals surface area contributed by atoms with E-state index in [1.54, 1.807) is 11.7 Å². The molecule has 2 aromatic heterocycles. The number of pyridine rings is 1. The Morgan fingerprint density at radius 1 is 1.03 bits per heavy atom. The number of carbonyl (C=O) groups is 1. The third-order valence-electron chi connectivity index (χ3n) is 7.32. The highest BCUT2D eigenvalue weighted by Gasteiger charge is 2.45. The van der Waals surface area contributed by atoms with Crippen LogP contribution in [-0.2, 0) is 13.5 Å². The van der Waals surface area contributed by atoms with Crippen molar-refractivity contribution in [1.29, 1.82) is 0 Å². The van der Waals surface area contributed by atoms with Crippen molar-refractivity contribution < 1.29 is 18.0 Å². The van der Waals surface area contributed by atoms with Crippen molar-refractivity contribution in [2.75, 3.05) is 0 Å². The van der Waals surface area contributed by atoms with Gasteiger partial charge in [0.15, 0.2) is 17.5 Å². The van der Waals surface area contributed by atoms with Crippen molar-refractivity contribution in [2.45, 2.75) is 45.2 Å². The minimum Gasteiger partial charge on any atom is -0.327 e. The lowest BCUT2D eigenvalue weighted by molar-refractivity contribution is 0.0642. The van der Waals surface area contributed by atoms with Gasteiger partial charge in [0.05, 0.1) is 22.9 Å². The first-order valence-corrected chi connectivity index (χ1v) is 11.6. The lowest BCUT2D eigenvalue weighted by atomic mass is 9.94. The SMILES string of the molecule is Cc1cc(C)c2ccc(C(=O)N3[C@H]4CC[C@@H]3c3nn(C)c(-c5cc(F)c(F)c(F)c5)c3C4)cc2n1. The molecule has 35 heavy (non-hydrogen) atoms. The van der Waals surface area contributed by atoms with Gasteiger partial charge in [-0.1, -0.05) is 6.07 Å². The number of hydrogen-bond acceptors (Lipinski definition) is 3. The zero-order valence-electron chi connectivity index (χ0n) is 19.6. The summed E-state index contributed by atoms with van der Waals surface area (Å²) in [5.74, 6) is -4.03. The molecule has 6 rings (SSSR count).